The van der Waals surface area contributed by atoms with Crippen LogP contribution in [0.1, 0.15) is 16.7 Å². The van der Waals surface area contributed by atoms with Gasteiger partial charge in [-0.3, -0.25) is 0 Å². The Hall–Kier alpha value is -2.34. The summed E-state index contributed by atoms with van der Waals surface area (Å²) < 4.78 is 65.7. The molecule has 0 N–H and O–H groups in total. The van der Waals surface area contributed by atoms with Gasteiger partial charge in [0.1, 0.15) is 4.90 Å². The van der Waals surface area contributed by atoms with Crippen LogP contribution in [0.4, 0.5) is 13.2 Å². The van der Waals surface area contributed by atoms with Crippen LogP contribution >= 0.6 is 11.6 Å². The number of benzene rings is 2. The van der Waals surface area contributed by atoms with Crippen LogP contribution in [0.25, 0.3) is 0 Å². The van der Waals surface area contributed by atoms with Crippen LogP contribution in [0, 0.1) is 11.3 Å². The number of hydrogen-bond acceptors (Lipinski definition) is 3. The summed E-state index contributed by atoms with van der Waals surface area (Å²) in [5, 5.41) is 8.64. The molecule has 0 unspecified atom stereocenters. The SMILES string of the molecule is C=CCN(Cc1cccc(C#N)c1)S(=O)(=O)c1cc(C(F)(F)F)ccc1Cl. The molecule has 0 radical (unpaired) electrons. The maximum absolute atomic E-state index is 13.0. The van der Waals surface area contributed by atoms with E-state index in [9.17, 15) is 21.6 Å². The van der Waals surface area contributed by atoms with Gasteiger partial charge in [0, 0.05) is 13.1 Å². The molecule has 0 bridgehead atoms. The minimum atomic E-state index is -4.71. The van der Waals surface area contributed by atoms with Gasteiger partial charge in [-0.2, -0.15) is 22.7 Å². The Balaban J connectivity index is 2.49. The van der Waals surface area contributed by atoms with Crippen molar-refractivity contribution < 1.29 is 21.6 Å². The van der Waals surface area contributed by atoms with Gasteiger partial charge in [-0.15, -0.1) is 6.58 Å². The van der Waals surface area contributed by atoms with Crippen LogP contribution in [0.15, 0.2) is 60.0 Å². The molecule has 2 aromatic carbocycles. The number of alkyl halides is 3. The van der Waals surface area contributed by atoms with Gasteiger partial charge in [-0.05, 0) is 35.9 Å². The molecule has 0 atom stereocenters. The van der Waals surface area contributed by atoms with E-state index < -0.39 is 26.7 Å². The van der Waals surface area contributed by atoms with E-state index >= 15 is 0 Å². The van der Waals surface area contributed by atoms with Crippen molar-refractivity contribution in [2.24, 2.45) is 0 Å². The molecule has 142 valence electrons. The van der Waals surface area contributed by atoms with Crippen LogP contribution in [-0.2, 0) is 22.7 Å². The molecule has 0 spiro atoms. The fraction of sp³-hybridized carbons (Fsp3) is 0.167. The predicted molar refractivity (Wildman–Crippen MR) is 95.4 cm³/mol. The molecular weight excluding hydrogens is 401 g/mol. The Kier molecular flexibility index (Phi) is 6.31. The summed E-state index contributed by atoms with van der Waals surface area (Å²) in [6.45, 7) is 3.19. The van der Waals surface area contributed by atoms with Gasteiger partial charge in [0.05, 0.1) is 22.2 Å². The van der Waals surface area contributed by atoms with E-state index in [0.717, 1.165) is 16.4 Å². The average molecular weight is 415 g/mol. The van der Waals surface area contributed by atoms with E-state index in [1.807, 2.05) is 6.07 Å². The van der Waals surface area contributed by atoms with Gasteiger partial charge >= 0.3 is 6.18 Å². The molecule has 0 fully saturated rings. The van der Waals surface area contributed by atoms with Crippen molar-refractivity contribution in [3.63, 3.8) is 0 Å². The molecule has 2 aromatic rings. The summed E-state index contributed by atoms with van der Waals surface area (Å²) in [4.78, 5) is -0.641. The first-order chi connectivity index (χ1) is 12.6. The lowest BCUT2D eigenvalue weighted by Gasteiger charge is -2.22. The molecular formula is C18H14ClF3N2O2S. The molecule has 0 aliphatic carbocycles. The lowest BCUT2D eigenvalue weighted by atomic mass is 10.1. The number of halogens is 4. The van der Waals surface area contributed by atoms with Crippen molar-refractivity contribution in [3.05, 3.63) is 76.8 Å². The van der Waals surface area contributed by atoms with Gasteiger partial charge in [0.2, 0.25) is 10.0 Å². The van der Waals surface area contributed by atoms with Crippen molar-refractivity contribution in [3.8, 4) is 6.07 Å². The third-order valence-corrected chi connectivity index (χ3v) is 5.92. The zero-order valence-corrected chi connectivity index (χ0v) is 15.4. The molecule has 4 nitrogen and oxygen atoms in total. The number of hydrogen-bond donors (Lipinski definition) is 0. The Labute approximate surface area is 160 Å². The highest BCUT2D eigenvalue weighted by atomic mass is 35.5. The zero-order chi connectivity index (χ0) is 20.2. The van der Waals surface area contributed by atoms with Gasteiger partial charge in [-0.25, -0.2) is 8.42 Å². The summed E-state index contributed by atoms with van der Waals surface area (Å²) in [7, 11) is -4.35. The minimum Gasteiger partial charge on any atom is -0.207 e. The number of nitrogens with zero attached hydrogens (tertiary/aromatic N) is 2. The molecule has 0 aromatic heterocycles. The van der Waals surface area contributed by atoms with Crippen molar-refractivity contribution in [1.82, 2.24) is 4.31 Å². The van der Waals surface area contributed by atoms with E-state index in [0.29, 0.717) is 17.2 Å². The van der Waals surface area contributed by atoms with Crippen molar-refractivity contribution in [1.29, 1.82) is 5.26 Å². The smallest absolute Gasteiger partial charge is 0.207 e. The van der Waals surface area contributed by atoms with Crippen LogP contribution in [-0.4, -0.2) is 19.3 Å². The van der Waals surface area contributed by atoms with Gasteiger partial charge in [0.15, 0.2) is 0 Å². The van der Waals surface area contributed by atoms with Crippen molar-refractivity contribution in [2.45, 2.75) is 17.6 Å². The maximum Gasteiger partial charge on any atom is 0.416 e. The van der Waals surface area contributed by atoms with E-state index in [-0.39, 0.29) is 18.1 Å². The summed E-state index contributed by atoms with van der Waals surface area (Å²) in [6.07, 6.45) is -3.40. The molecule has 0 amide bonds. The number of sulfonamides is 1. The Morgan fingerprint density at radius 3 is 2.52 bits per heavy atom. The van der Waals surface area contributed by atoms with E-state index in [4.69, 9.17) is 16.9 Å². The number of rotatable bonds is 6. The Morgan fingerprint density at radius 2 is 1.93 bits per heavy atom. The molecule has 0 aliphatic rings. The first-order valence-electron chi connectivity index (χ1n) is 7.56. The maximum atomic E-state index is 13.0. The third kappa shape index (κ3) is 4.89. The number of nitriles is 1. The molecule has 0 saturated carbocycles. The first-order valence-corrected chi connectivity index (χ1v) is 9.38. The molecule has 0 heterocycles. The lowest BCUT2D eigenvalue weighted by Crippen LogP contribution is -2.31. The second-order valence-corrected chi connectivity index (χ2v) is 7.85. The second-order valence-electron chi connectivity index (χ2n) is 5.54. The van der Waals surface area contributed by atoms with Crippen LogP contribution < -0.4 is 0 Å². The van der Waals surface area contributed by atoms with Crippen molar-refractivity contribution >= 4 is 21.6 Å². The summed E-state index contributed by atoms with van der Waals surface area (Å²) in [5.74, 6) is 0. The third-order valence-electron chi connectivity index (χ3n) is 3.62. The summed E-state index contributed by atoms with van der Waals surface area (Å²) in [6, 6.07) is 10.3. The lowest BCUT2D eigenvalue weighted by molar-refractivity contribution is -0.137. The average Bonchev–Trinajstić information content (AvgIpc) is 2.60. The Morgan fingerprint density at radius 1 is 1.22 bits per heavy atom. The predicted octanol–water partition coefficient (Wildman–Crippen LogP) is 4.61. The highest BCUT2D eigenvalue weighted by Gasteiger charge is 2.34. The van der Waals surface area contributed by atoms with Crippen LogP contribution in [0.5, 0.6) is 0 Å². The molecule has 0 aliphatic heterocycles. The van der Waals surface area contributed by atoms with E-state index in [1.54, 1.807) is 18.2 Å². The second kappa shape index (κ2) is 8.13. The van der Waals surface area contributed by atoms with Gasteiger partial charge in [-0.1, -0.05) is 29.8 Å². The molecule has 0 saturated heterocycles. The fourth-order valence-electron chi connectivity index (χ4n) is 2.35. The van der Waals surface area contributed by atoms with Gasteiger partial charge < -0.3 is 0 Å². The quantitative estimate of drug-likeness (QED) is 0.648. The zero-order valence-electron chi connectivity index (χ0n) is 13.9. The highest BCUT2D eigenvalue weighted by Crippen LogP contribution is 2.34. The van der Waals surface area contributed by atoms with Crippen LogP contribution in [0.3, 0.4) is 0 Å². The highest BCUT2D eigenvalue weighted by molar-refractivity contribution is 7.89. The standard InChI is InChI=1S/C18H14ClF3N2O2S/c1-2-8-24(12-14-5-3-4-13(9-14)11-23)27(25,26)17-10-15(18(20,21)22)6-7-16(17)19/h2-7,9-10H,1,8,12H2. The fourth-order valence-corrected chi connectivity index (χ4v) is 4.25. The monoisotopic (exact) mass is 414 g/mol. The summed E-state index contributed by atoms with van der Waals surface area (Å²) >= 11 is 5.88. The molecule has 9 heteroatoms. The Bertz CT molecular complexity index is 998. The summed E-state index contributed by atoms with van der Waals surface area (Å²) in [5.41, 5.74) is -0.279. The molecule has 2 rings (SSSR count). The van der Waals surface area contributed by atoms with Gasteiger partial charge in [0.25, 0.3) is 0 Å². The van der Waals surface area contributed by atoms with E-state index in [2.05, 4.69) is 6.58 Å². The molecule has 27 heavy (non-hydrogen) atoms. The topological polar surface area (TPSA) is 61.2 Å². The minimum absolute atomic E-state index is 0.147. The normalized spacial score (nSPS) is 12.0. The van der Waals surface area contributed by atoms with Crippen molar-refractivity contribution in [2.75, 3.05) is 6.54 Å². The van der Waals surface area contributed by atoms with Crippen LogP contribution in [0.2, 0.25) is 5.02 Å². The largest absolute Gasteiger partial charge is 0.416 e. The first kappa shape index (κ1) is 21.0. The van der Waals surface area contributed by atoms with E-state index in [1.165, 1.54) is 12.1 Å².